The number of fused-ring (bicyclic) bond motifs is 3. The first-order valence-corrected chi connectivity index (χ1v) is 4.86. The molecule has 1 heterocycles. The number of aromatic nitrogens is 1. The number of terminal acetylenes is 1. The molecule has 0 aliphatic rings. The fourth-order valence-corrected chi connectivity index (χ4v) is 1.99. The van der Waals surface area contributed by atoms with Crippen molar-refractivity contribution in [2.24, 2.45) is 0 Å². The minimum Gasteiger partial charge on any atom is -0.353 e. The smallest absolute Gasteiger partial charge is 0.0623 e. The molecule has 1 aromatic heterocycles. The predicted molar refractivity (Wildman–Crippen MR) is 63.7 cm³/mol. The first kappa shape index (κ1) is 8.14. The maximum absolute atomic E-state index is 5.47. The molecule has 0 saturated carbocycles. The second-order valence-electron chi connectivity index (χ2n) is 3.54. The minimum atomic E-state index is 0.920. The molecule has 3 rings (SSSR count). The van der Waals surface area contributed by atoms with Crippen molar-refractivity contribution >= 4 is 21.8 Å². The van der Waals surface area contributed by atoms with Gasteiger partial charge in [-0.15, -0.1) is 6.42 Å². The molecule has 15 heavy (non-hydrogen) atoms. The van der Waals surface area contributed by atoms with Crippen LogP contribution >= 0.6 is 0 Å². The van der Waals surface area contributed by atoms with Crippen molar-refractivity contribution < 1.29 is 0 Å². The van der Waals surface area contributed by atoms with Gasteiger partial charge in [0.25, 0.3) is 0 Å². The summed E-state index contributed by atoms with van der Waals surface area (Å²) in [4.78, 5) is 3.36. The van der Waals surface area contributed by atoms with Crippen LogP contribution in [0.15, 0.2) is 42.5 Å². The summed E-state index contributed by atoms with van der Waals surface area (Å²) in [7, 11) is 0. The Morgan fingerprint density at radius 1 is 0.933 bits per heavy atom. The van der Waals surface area contributed by atoms with Crippen LogP contribution in [-0.2, 0) is 0 Å². The van der Waals surface area contributed by atoms with Crippen LogP contribution in [0.2, 0.25) is 0 Å². The molecule has 0 radical (unpaired) electrons. The molecule has 0 spiro atoms. The predicted octanol–water partition coefficient (Wildman–Crippen LogP) is 3.30. The Morgan fingerprint density at radius 2 is 1.73 bits per heavy atom. The highest BCUT2D eigenvalue weighted by Crippen LogP contribution is 2.26. The molecule has 0 saturated heterocycles. The van der Waals surface area contributed by atoms with E-state index in [4.69, 9.17) is 6.42 Å². The Balaban J connectivity index is 2.61. The van der Waals surface area contributed by atoms with E-state index in [1.54, 1.807) is 0 Å². The monoisotopic (exact) mass is 191 g/mol. The topological polar surface area (TPSA) is 15.8 Å². The molecule has 0 fully saturated rings. The van der Waals surface area contributed by atoms with E-state index in [0.29, 0.717) is 0 Å². The van der Waals surface area contributed by atoms with Gasteiger partial charge in [-0.3, -0.25) is 0 Å². The molecule has 0 aliphatic heterocycles. The molecule has 0 atom stereocenters. The van der Waals surface area contributed by atoms with Crippen molar-refractivity contribution in [3.8, 4) is 12.3 Å². The molecule has 0 bridgehead atoms. The first-order valence-electron chi connectivity index (χ1n) is 4.86. The van der Waals surface area contributed by atoms with Crippen LogP contribution < -0.4 is 0 Å². The lowest BCUT2D eigenvalue weighted by Gasteiger charge is -1.93. The van der Waals surface area contributed by atoms with Gasteiger partial charge < -0.3 is 4.98 Å². The van der Waals surface area contributed by atoms with Gasteiger partial charge in [-0.1, -0.05) is 36.3 Å². The van der Waals surface area contributed by atoms with Gasteiger partial charge in [0.1, 0.15) is 0 Å². The normalized spacial score (nSPS) is 10.6. The number of benzene rings is 2. The fraction of sp³-hybridized carbons (Fsp3) is 0. The molecule has 1 nitrogen and oxygen atoms in total. The lowest BCUT2D eigenvalue weighted by atomic mass is 10.1. The van der Waals surface area contributed by atoms with E-state index in [9.17, 15) is 0 Å². The Hall–Kier alpha value is -2.20. The number of hydrogen-bond acceptors (Lipinski definition) is 0. The molecule has 0 aliphatic carbocycles. The van der Waals surface area contributed by atoms with Gasteiger partial charge in [-0.25, -0.2) is 0 Å². The fourth-order valence-electron chi connectivity index (χ4n) is 1.99. The largest absolute Gasteiger partial charge is 0.353 e. The minimum absolute atomic E-state index is 0.920. The highest BCUT2D eigenvalue weighted by Gasteiger charge is 2.04. The van der Waals surface area contributed by atoms with Gasteiger partial charge in [0.15, 0.2) is 0 Å². The van der Waals surface area contributed by atoms with Crippen LogP contribution in [0.4, 0.5) is 0 Å². The molecule has 0 amide bonds. The number of nitrogens with one attached hydrogen (secondary N) is 1. The quantitative estimate of drug-likeness (QED) is 0.525. The van der Waals surface area contributed by atoms with Crippen LogP contribution in [0, 0.1) is 12.3 Å². The standard InChI is InChI=1S/C14H9N/c1-2-10-6-5-8-12-11-7-3-4-9-13(11)15-14(10)12/h1,3-9,15H. The third-order valence-electron chi connectivity index (χ3n) is 2.70. The SMILES string of the molecule is C#Cc1cccc2c1[nH]c1ccccc12. The highest BCUT2D eigenvalue weighted by molar-refractivity contribution is 6.08. The second kappa shape index (κ2) is 2.90. The molecular weight excluding hydrogens is 182 g/mol. The lowest BCUT2D eigenvalue weighted by Crippen LogP contribution is -1.75. The van der Waals surface area contributed by atoms with E-state index in [2.05, 4.69) is 29.1 Å². The summed E-state index contributed by atoms with van der Waals surface area (Å²) in [6, 6.07) is 14.3. The van der Waals surface area contributed by atoms with Gasteiger partial charge in [0.2, 0.25) is 0 Å². The molecule has 1 heteroatoms. The van der Waals surface area contributed by atoms with E-state index in [1.807, 2.05) is 24.3 Å². The zero-order chi connectivity index (χ0) is 10.3. The zero-order valence-corrected chi connectivity index (χ0v) is 8.12. The average molecular weight is 191 g/mol. The number of rotatable bonds is 0. The van der Waals surface area contributed by atoms with Crippen molar-refractivity contribution in [1.82, 2.24) is 4.98 Å². The second-order valence-corrected chi connectivity index (χ2v) is 3.54. The van der Waals surface area contributed by atoms with E-state index in [-0.39, 0.29) is 0 Å². The number of hydrogen-bond donors (Lipinski definition) is 1. The number of para-hydroxylation sites is 2. The average Bonchev–Trinajstić information content (AvgIpc) is 2.67. The van der Waals surface area contributed by atoms with Gasteiger partial charge in [0, 0.05) is 21.9 Å². The maximum Gasteiger partial charge on any atom is 0.0623 e. The van der Waals surface area contributed by atoms with Gasteiger partial charge >= 0.3 is 0 Å². The summed E-state index contributed by atoms with van der Waals surface area (Å²) >= 11 is 0. The summed E-state index contributed by atoms with van der Waals surface area (Å²) < 4.78 is 0. The van der Waals surface area contributed by atoms with Crippen molar-refractivity contribution in [1.29, 1.82) is 0 Å². The number of H-pyrrole nitrogens is 1. The maximum atomic E-state index is 5.47. The van der Waals surface area contributed by atoms with E-state index >= 15 is 0 Å². The van der Waals surface area contributed by atoms with Crippen LogP contribution in [0.5, 0.6) is 0 Å². The Bertz CT molecular complexity index is 683. The third-order valence-corrected chi connectivity index (χ3v) is 2.70. The summed E-state index contributed by atoms with van der Waals surface area (Å²) in [5, 5.41) is 2.42. The van der Waals surface area contributed by atoms with E-state index in [0.717, 1.165) is 16.6 Å². The summed E-state index contributed by atoms with van der Waals surface area (Å²) in [6.45, 7) is 0. The summed E-state index contributed by atoms with van der Waals surface area (Å²) in [5.74, 6) is 2.70. The van der Waals surface area contributed by atoms with Gasteiger partial charge in [0.05, 0.1) is 5.52 Å². The van der Waals surface area contributed by atoms with Gasteiger partial charge in [-0.05, 0) is 12.1 Å². The third kappa shape index (κ3) is 1.05. The molecule has 0 unspecified atom stereocenters. The summed E-state index contributed by atoms with van der Waals surface area (Å²) in [6.07, 6.45) is 5.47. The Morgan fingerprint density at radius 3 is 2.60 bits per heavy atom. The highest BCUT2D eigenvalue weighted by atomic mass is 14.7. The number of aromatic amines is 1. The van der Waals surface area contributed by atoms with Crippen LogP contribution in [-0.4, -0.2) is 4.98 Å². The van der Waals surface area contributed by atoms with Crippen LogP contribution in [0.25, 0.3) is 21.8 Å². The first-order chi connectivity index (χ1) is 7.40. The molecule has 70 valence electrons. The molecule has 2 aromatic carbocycles. The van der Waals surface area contributed by atoms with Crippen LogP contribution in [0.1, 0.15) is 5.56 Å². The molecular formula is C14H9N. The molecule has 3 aromatic rings. The van der Waals surface area contributed by atoms with Crippen molar-refractivity contribution in [3.63, 3.8) is 0 Å². The summed E-state index contributed by atoms with van der Waals surface area (Å²) in [5.41, 5.74) is 3.11. The van der Waals surface area contributed by atoms with Gasteiger partial charge in [-0.2, -0.15) is 0 Å². The van der Waals surface area contributed by atoms with Crippen molar-refractivity contribution in [2.45, 2.75) is 0 Å². The zero-order valence-electron chi connectivity index (χ0n) is 8.12. The Labute approximate surface area is 87.7 Å². The van der Waals surface area contributed by atoms with E-state index < -0.39 is 0 Å². The van der Waals surface area contributed by atoms with Crippen molar-refractivity contribution in [3.05, 3.63) is 48.0 Å². The Kier molecular flexibility index (Phi) is 1.57. The van der Waals surface area contributed by atoms with Crippen LogP contribution in [0.3, 0.4) is 0 Å². The van der Waals surface area contributed by atoms with E-state index in [1.165, 1.54) is 10.8 Å². The molecule has 1 N–H and O–H groups in total. The lowest BCUT2D eigenvalue weighted by molar-refractivity contribution is 1.53. The van der Waals surface area contributed by atoms with Crippen molar-refractivity contribution in [2.75, 3.05) is 0 Å².